The summed E-state index contributed by atoms with van der Waals surface area (Å²) in [5.41, 5.74) is 0. The van der Waals surface area contributed by atoms with E-state index in [9.17, 15) is 14.2 Å². The maximum atomic E-state index is 12.3. The van der Waals surface area contributed by atoms with Crippen molar-refractivity contribution in [3.8, 4) is 0 Å². The number of hydrogen-bond acceptors (Lipinski definition) is 6. The standard InChI is InChI=1S/C32H61O8P/c1-3-5-7-9-11-13-15-16-17-19-21-23-25-27-32(34)40-30(29-39-41(35,36)37)28-38-31(33)26-24-22-20-18-14-12-10-8-6-4-2/h13,15,30H,3-12,14,16-29H2,1-2H3,(H2,35,36,37)/b15-13-/t30-/m1/s1. The zero-order valence-electron chi connectivity index (χ0n) is 26.2. The fourth-order valence-electron chi connectivity index (χ4n) is 4.54. The Labute approximate surface area is 250 Å². The predicted molar refractivity (Wildman–Crippen MR) is 166 cm³/mol. The lowest BCUT2D eigenvalue weighted by Gasteiger charge is -2.18. The van der Waals surface area contributed by atoms with Gasteiger partial charge in [-0.15, -0.1) is 0 Å². The number of carbonyl (C=O) groups is 2. The summed E-state index contributed by atoms with van der Waals surface area (Å²) in [7, 11) is -4.74. The summed E-state index contributed by atoms with van der Waals surface area (Å²) in [5, 5.41) is 0. The van der Waals surface area contributed by atoms with Crippen LogP contribution in [0.15, 0.2) is 12.2 Å². The van der Waals surface area contributed by atoms with E-state index >= 15 is 0 Å². The van der Waals surface area contributed by atoms with Crippen molar-refractivity contribution in [2.45, 2.75) is 168 Å². The Kier molecular flexibility index (Phi) is 28.0. The smallest absolute Gasteiger partial charge is 0.462 e. The van der Waals surface area contributed by atoms with E-state index in [1.165, 1.54) is 77.0 Å². The van der Waals surface area contributed by atoms with Gasteiger partial charge in [-0.2, -0.15) is 0 Å². The molecule has 0 spiro atoms. The summed E-state index contributed by atoms with van der Waals surface area (Å²) >= 11 is 0. The van der Waals surface area contributed by atoms with Crippen LogP contribution >= 0.6 is 7.82 Å². The molecule has 8 nitrogen and oxygen atoms in total. The van der Waals surface area contributed by atoms with E-state index in [4.69, 9.17) is 19.3 Å². The maximum Gasteiger partial charge on any atom is 0.469 e. The first-order valence-electron chi connectivity index (χ1n) is 16.5. The van der Waals surface area contributed by atoms with Crippen molar-refractivity contribution in [2.24, 2.45) is 0 Å². The van der Waals surface area contributed by atoms with Crippen LogP contribution < -0.4 is 0 Å². The number of phosphoric ester groups is 1. The Morgan fingerprint density at radius 1 is 0.610 bits per heavy atom. The first-order chi connectivity index (χ1) is 19.8. The fourth-order valence-corrected chi connectivity index (χ4v) is 4.90. The van der Waals surface area contributed by atoms with Crippen molar-refractivity contribution in [3.05, 3.63) is 12.2 Å². The van der Waals surface area contributed by atoms with Crippen LogP contribution in [-0.2, 0) is 28.2 Å². The quantitative estimate of drug-likeness (QED) is 0.0360. The van der Waals surface area contributed by atoms with Gasteiger partial charge in [0.1, 0.15) is 6.61 Å². The summed E-state index contributed by atoms with van der Waals surface area (Å²) < 4.78 is 26.1. The van der Waals surface area contributed by atoms with Crippen LogP contribution in [-0.4, -0.2) is 41.0 Å². The Hall–Kier alpha value is -1.21. The summed E-state index contributed by atoms with van der Waals surface area (Å²) in [6.45, 7) is 3.62. The minimum absolute atomic E-state index is 0.205. The first-order valence-corrected chi connectivity index (χ1v) is 18.0. The van der Waals surface area contributed by atoms with Gasteiger partial charge in [-0.1, -0.05) is 122 Å². The van der Waals surface area contributed by atoms with Gasteiger partial charge >= 0.3 is 19.8 Å². The van der Waals surface area contributed by atoms with Gasteiger partial charge in [0, 0.05) is 12.8 Å². The average molecular weight is 605 g/mol. The third-order valence-corrected chi connectivity index (χ3v) is 7.52. The molecule has 0 bridgehead atoms. The molecule has 0 aromatic heterocycles. The zero-order valence-corrected chi connectivity index (χ0v) is 27.1. The number of rotatable bonds is 30. The fraction of sp³-hybridized carbons (Fsp3) is 0.875. The number of phosphoric acid groups is 1. The molecule has 0 aromatic carbocycles. The van der Waals surface area contributed by atoms with E-state index in [1.54, 1.807) is 0 Å². The van der Waals surface area contributed by atoms with Gasteiger partial charge in [-0.25, -0.2) is 4.57 Å². The Morgan fingerprint density at radius 3 is 1.51 bits per heavy atom. The van der Waals surface area contributed by atoms with Crippen LogP contribution in [0.1, 0.15) is 162 Å². The average Bonchev–Trinajstić information content (AvgIpc) is 2.93. The molecule has 242 valence electrons. The van der Waals surface area contributed by atoms with Gasteiger partial charge < -0.3 is 19.3 Å². The molecule has 0 heterocycles. The minimum Gasteiger partial charge on any atom is -0.462 e. The second kappa shape index (κ2) is 28.9. The highest BCUT2D eigenvalue weighted by Gasteiger charge is 2.22. The maximum absolute atomic E-state index is 12.3. The van der Waals surface area contributed by atoms with Crippen LogP contribution in [0.25, 0.3) is 0 Å². The topological polar surface area (TPSA) is 119 Å². The third-order valence-electron chi connectivity index (χ3n) is 7.03. The second-order valence-corrected chi connectivity index (χ2v) is 12.4. The number of carbonyl (C=O) groups excluding carboxylic acids is 2. The highest BCUT2D eigenvalue weighted by atomic mass is 31.2. The molecule has 0 amide bonds. The van der Waals surface area contributed by atoms with Crippen molar-refractivity contribution >= 4 is 19.8 Å². The van der Waals surface area contributed by atoms with Crippen LogP contribution in [0.2, 0.25) is 0 Å². The highest BCUT2D eigenvalue weighted by molar-refractivity contribution is 7.46. The van der Waals surface area contributed by atoms with Gasteiger partial charge in [-0.3, -0.25) is 14.1 Å². The molecule has 0 unspecified atom stereocenters. The molecule has 0 fully saturated rings. The molecule has 0 aliphatic heterocycles. The molecule has 2 N–H and O–H groups in total. The summed E-state index contributed by atoms with van der Waals surface area (Å²) in [6, 6.07) is 0. The van der Waals surface area contributed by atoms with E-state index in [-0.39, 0.29) is 19.4 Å². The summed E-state index contributed by atoms with van der Waals surface area (Å²) in [5.74, 6) is -0.894. The highest BCUT2D eigenvalue weighted by Crippen LogP contribution is 2.35. The molecular formula is C32H61O8P. The molecule has 0 saturated heterocycles. The van der Waals surface area contributed by atoms with Crippen LogP contribution in [0.4, 0.5) is 0 Å². The first kappa shape index (κ1) is 39.8. The molecule has 0 rings (SSSR count). The van der Waals surface area contributed by atoms with Gasteiger partial charge in [-0.05, 0) is 38.5 Å². The van der Waals surface area contributed by atoms with Gasteiger partial charge in [0.15, 0.2) is 6.10 Å². The Bertz CT molecular complexity index is 691. The van der Waals surface area contributed by atoms with Crippen molar-refractivity contribution in [1.82, 2.24) is 0 Å². The lowest BCUT2D eigenvalue weighted by molar-refractivity contribution is -0.161. The zero-order chi connectivity index (χ0) is 30.4. The molecule has 0 saturated carbocycles. The van der Waals surface area contributed by atoms with Gasteiger partial charge in [0.05, 0.1) is 6.61 Å². The monoisotopic (exact) mass is 604 g/mol. The van der Waals surface area contributed by atoms with E-state index in [0.717, 1.165) is 51.4 Å². The lowest BCUT2D eigenvalue weighted by Crippen LogP contribution is -2.29. The van der Waals surface area contributed by atoms with Crippen molar-refractivity contribution in [2.75, 3.05) is 13.2 Å². The van der Waals surface area contributed by atoms with E-state index < -0.39 is 32.5 Å². The Morgan fingerprint density at radius 2 is 1.02 bits per heavy atom. The predicted octanol–water partition coefficient (Wildman–Crippen LogP) is 9.12. The second-order valence-electron chi connectivity index (χ2n) is 11.1. The molecule has 41 heavy (non-hydrogen) atoms. The lowest BCUT2D eigenvalue weighted by atomic mass is 10.1. The van der Waals surface area contributed by atoms with Gasteiger partial charge in [0.25, 0.3) is 0 Å². The molecule has 1 atom stereocenters. The molecule has 0 aliphatic carbocycles. The van der Waals surface area contributed by atoms with Crippen LogP contribution in [0.5, 0.6) is 0 Å². The third kappa shape index (κ3) is 31.6. The van der Waals surface area contributed by atoms with E-state index in [0.29, 0.717) is 6.42 Å². The van der Waals surface area contributed by atoms with Crippen molar-refractivity contribution in [1.29, 1.82) is 0 Å². The number of esters is 2. The van der Waals surface area contributed by atoms with E-state index in [2.05, 4.69) is 30.5 Å². The normalized spacial score (nSPS) is 12.6. The molecule has 0 aromatic rings. The Balaban J connectivity index is 4.03. The SMILES string of the molecule is CCCCCC/C=C\CCCCCCCC(=O)O[C@H](COC(=O)CCCCCCCCCCCC)COP(=O)(O)O. The number of unbranched alkanes of at least 4 members (excludes halogenated alkanes) is 18. The number of ether oxygens (including phenoxy) is 2. The molecule has 0 radical (unpaired) electrons. The summed E-state index contributed by atoms with van der Waals surface area (Å²) in [6.07, 6.45) is 27.9. The van der Waals surface area contributed by atoms with Crippen molar-refractivity contribution in [3.63, 3.8) is 0 Å². The molecular weight excluding hydrogens is 543 g/mol. The van der Waals surface area contributed by atoms with Crippen LogP contribution in [0.3, 0.4) is 0 Å². The number of hydrogen-bond donors (Lipinski definition) is 2. The molecule has 9 heteroatoms. The number of allylic oxidation sites excluding steroid dienone is 2. The van der Waals surface area contributed by atoms with Crippen molar-refractivity contribution < 1.29 is 37.9 Å². The molecule has 0 aliphatic rings. The minimum atomic E-state index is -4.74. The largest absolute Gasteiger partial charge is 0.469 e. The summed E-state index contributed by atoms with van der Waals surface area (Å²) in [4.78, 5) is 42.4. The van der Waals surface area contributed by atoms with Gasteiger partial charge in [0.2, 0.25) is 0 Å². The van der Waals surface area contributed by atoms with E-state index in [1.807, 2.05) is 0 Å². The van der Waals surface area contributed by atoms with Crippen LogP contribution in [0, 0.1) is 0 Å².